The normalized spacial score (nSPS) is 11.2. The molecule has 1 amide bonds. The number of thiophene rings is 1. The number of anilines is 1. The number of hydrogen-bond acceptors (Lipinski definition) is 3. The van der Waals surface area contributed by atoms with Gasteiger partial charge in [-0.25, -0.2) is 0 Å². The Morgan fingerprint density at radius 2 is 1.79 bits per heavy atom. The van der Waals surface area contributed by atoms with E-state index in [1.54, 1.807) is 11.3 Å². The molecule has 0 atom stereocenters. The predicted molar refractivity (Wildman–Crippen MR) is 103 cm³/mol. The fourth-order valence-corrected chi connectivity index (χ4v) is 3.89. The first-order chi connectivity index (χ1) is 11.5. The number of likely N-dealkylation sites (N-methyl/N-ethyl adjacent to an activating group) is 1. The number of amides is 1. The summed E-state index contributed by atoms with van der Waals surface area (Å²) < 4.78 is 1.29. The summed E-state index contributed by atoms with van der Waals surface area (Å²) in [5.41, 5.74) is 4.39. The summed E-state index contributed by atoms with van der Waals surface area (Å²) in [7, 11) is 1.98. The molecule has 0 saturated heterocycles. The molecule has 3 rings (SSSR count). The fourth-order valence-electron chi connectivity index (χ4n) is 2.94. The largest absolute Gasteiger partial charge is 0.324 e. The van der Waals surface area contributed by atoms with Gasteiger partial charge in [0.1, 0.15) is 0 Å². The van der Waals surface area contributed by atoms with Gasteiger partial charge in [-0.1, -0.05) is 36.4 Å². The van der Waals surface area contributed by atoms with Crippen LogP contribution in [0.3, 0.4) is 0 Å². The zero-order chi connectivity index (χ0) is 17.1. The second-order valence-corrected chi connectivity index (χ2v) is 7.16. The van der Waals surface area contributed by atoms with Crippen molar-refractivity contribution in [1.82, 2.24) is 4.90 Å². The van der Waals surface area contributed by atoms with Gasteiger partial charge in [-0.05, 0) is 54.4 Å². The average Bonchev–Trinajstić information content (AvgIpc) is 2.94. The third kappa shape index (κ3) is 3.66. The van der Waals surface area contributed by atoms with Crippen LogP contribution in [-0.4, -0.2) is 24.4 Å². The van der Waals surface area contributed by atoms with E-state index in [9.17, 15) is 4.79 Å². The van der Waals surface area contributed by atoms with E-state index in [0.29, 0.717) is 6.54 Å². The van der Waals surface area contributed by atoms with Gasteiger partial charge in [0, 0.05) is 16.9 Å². The Labute approximate surface area is 146 Å². The van der Waals surface area contributed by atoms with Crippen molar-refractivity contribution in [2.24, 2.45) is 0 Å². The molecule has 0 spiro atoms. The SMILES string of the molecule is Cc1cccc(C)c1NC(=O)CN(C)Cc1csc2ccccc12. The molecule has 0 aliphatic carbocycles. The number of para-hydroxylation sites is 1. The van der Waals surface area contributed by atoms with Crippen molar-refractivity contribution in [2.45, 2.75) is 20.4 Å². The molecule has 0 radical (unpaired) electrons. The quantitative estimate of drug-likeness (QED) is 0.738. The van der Waals surface area contributed by atoms with Crippen molar-refractivity contribution in [2.75, 3.05) is 18.9 Å². The second-order valence-electron chi connectivity index (χ2n) is 6.24. The van der Waals surface area contributed by atoms with E-state index in [0.717, 1.165) is 23.4 Å². The van der Waals surface area contributed by atoms with E-state index in [-0.39, 0.29) is 5.91 Å². The maximum atomic E-state index is 12.4. The lowest BCUT2D eigenvalue weighted by Gasteiger charge is -2.17. The Balaban J connectivity index is 1.64. The number of carbonyl (C=O) groups excluding carboxylic acids is 1. The van der Waals surface area contributed by atoms with Crippen LogP contribution in [-0.2, 0) is 11.3 Å². The fraction of sp³-hybridized carbons (Fsp3) is 0.250. The van der Waals surface area contributed by atoms with Crippen molar-refractivity contribution in [3.8, 4) is 0 Å². The van der Waals surface area contributed by atoms with Gasteiger partial charge >= 0.3 is 0 Å². The molecule has 124 valence electrons. The monoisotopic (exact) mass is 338 g/mol. The summed E-state index contributed by atoms with van der Waals surface area (Å²) >= 11 is 1.75. The lowest BCUT2D eigenvalue weighted by Crippen LogP contribution is -2.30. The summed E-state index contributed by atoms with van der Waals surface area (Å²) in [5, 5.41) is 6.52. The Morgan fingerprint density at radius 1 is 1.08 bits per heavy atom. The van der Waals surface area contributed by atoms with E-state index < -0.39 is 0 Å². The highest BCUT2D eigenvalue weighted by atomic mass is 32.1. The molecule has 3 nitrogen and oxygen atoms in total. The van der Waals surface area contributed by atoms with Crippen molar-refractivity contribution >= 4 is 33.0 Å². The first-order valence-corrected chi connectivity index (χ1v) is 8.92. The first-order valence-electron chi connectivity index (χ1n) is 8.04. The molecule has 2 aromatic carbocycles. The van der Waals surface area contributed by atoms with Crippen LogP contribution >= 0.6 is 11.3 Å². The second kappa shape index (κ2) is 7.16. The minimum atomic E-state index is 0.0226. The van der Waals surface area contributed by atoms with Crippen LogP contribution in [0.5, 0.6) is 0 Å². The molecule has 3 aromatic rings. The summed E-state index contributed by atoms with van der Waals surface area (Å²) in [6.07, 6.45) is 0. The van der Waals surface area contributed by atoms with Gasteiger partial charge in [0.2, 0.25) is 5.91 Å². The van der Waals surface area contributed by atoms with Gasteiger partial charge in [0.15, 0.2) is 0 Å². The van der Waals surface area contributed by atoms with Crippen molar-refractivity contribution in [3.63, 3.8) is 0 Å². The lowest BCUT2D eigenvalue weighted by atomic mass is 10.1. The van der Waals surface area contributed by atoms with E-state index in [2.05, 4.69) is 39.9 Å². The number of benzene rings is 2. The average molecular weight is 338 g/mol. The first kappa shape index (κ1) is 16.7. The van der Waals surface area contributed by atoms with Crippen LogP contribution in [0.15, 0.2) is 47.8 Å². The number of carbonyl (C=O) groups is 1. The van der Waals surface area contributed by atoms with Crippen molar-refractivity contribution in [3.05, 3.63) is 64.5 Å². The Bertz CT molecular complexity index is 849. The molecule has 0 bridgehead atoms. The number of fused-ring (bicyclic) bond motifs is 1. The number of hydrogen-bond donors (Lipinski definition) is 1. The summed E-state index contributed by atoms with van der Waals surface area (Å²) in [6.45, 7) is 5.18. The van der Waals surface area contributed by atoms with Crippen molar-refractivity contribution in [1.29, 1.82) is 0 Å². The zero-order valence-corrected chi connectivity index (χ0v) is 15.1. The van der Waals surface area contributed by atoms with E-state index in [1.807, 2.05) is 39.1 Å². The van der Waals surface area contributed by atoms with Crippen LogP contribution in [0.2, 0.25) is 0 Å². The molecule has 0 aliphatic rings. The van der Waals surface area contributed by atoms with E-state index in [4.69, 9.17) is 0 Å². The van der Waals surface area contributed by atoms with Crippen LogP contribution in [0, 0.1) is 13.8 Å². The molecule has 1 N–H and O–H groups in total. The molecule has 1 aromatic heterocycles. The van der Waals surface area contributed by atoms with Crippen LogP contribution < -0.4 is 5.32 Å². The van der Waals surface area contributed by atoms with Gasteiger partial charge in [-0.2, -0.15) is 0 Å². The van der Waals surface area contributed by atoms with Gasteiger partial charge in [0.25, 0.3) is 0 Å². The Morgan fingerprint density at radius 3 is 2.54 bits per heavy atom. The number of aryl methyl sites for hydroxylation is 2. The number of nitrogens with one attached hydrogen (secondary N) is 1. The van der Waals surface area contributed by atoms with Gasteiger partial charge in [-0.3, -0.25) is 9.69 Å². The van der Waals surface area contributed by atoms with Crippen LogP contribution in [0.1, 0.15) is 16.7 Å². The van der Waals surface area contributed by atoms with Gasteiger partial charge in [0.05, 0.1) is 6.54 Å². The highest BCUT2D eigenvalue weighted by Gasteiger charge is 2.12. The van der Waals surface area contributed by atoms with E-state index in [1.165, 1.54) is 15.6 Å². The van der Waals surface area contributed by atoms with Gasteiger partial charge < -0.3 is 5.32 Å². The molecular formula is C20H22N2OS. The molecule has 24 heavy (non-hydrogen) atoms. The number of rotatable bonds is 5. The summed E-state index contributed by atoms with van der Waals surface area (Å²) in [6, 6.07) is 14.4. The van der Waals surface area contributed by atoms with E-state index >= 15 is 0 Å². The zero-order valence-electron chi connectivity index (χ0n) is 14.3. The molecule has 0 saturated carbocycles. The molecule has 4 heteroatoms. The van der Waals surface area contributed by atoms with Gasteiger partial charge in [-0.15, -0.1) is 11.3 Å². The molecule has 0 fully saturated rings. The smallest absolute Gasteiger partial charge is 0.238 e. The molecule has 1 heterocycles. The van der Waals surface area contributed by atoms with Crippen LogP contribution in [0.4, 0.5) is 5.69 Å². The summed E-state index contributed by atoms with van der Waals surface area (Å²) in [4.78, 5) is 14.4. The third-order valence-electron chi connectivity index (χ3n) is 4.16. The Hall–Kier alpha value is -2.17. The maximum Gasteiger partial charge on any atom is 0.238 e. The lowest BCUT2D eigenvalue weighted by molar-refractivity contribution is -0.117. The number of nitrogens with zero attached hydrogens (tertiary/aromatic N) is 1. The third-order valence-corrected chi connectivity index (χ3v) is 5.17. The molecular weight excluding hydrogens is 316 g/mol. The Kier molecular flexibility index (Phi) is 4.97. The highest BCUT2D eigenvalue weighted by Crippen LogP contribution is 2.26. The molecule has 0 unspecified atom stereocenters. The molecule has 0 aliphatic heterocycles. The topological polar surface area (TPSA) is 32.3 Å². The van der Waals surface area contributed by atoms with Crippen molar-refractivity contribution < 1.29 is 4.79 Å². The standard InChI is InChI=1S/C20H22N2OS/c1-14-7-6-8-15(2)20(14)21-19(23)12-22(3)11-16-13-24-18-10-5-4-9-17(16)18/h4-10,13H,11-12H2,1-3H3,(H,21,23). The highest BCUT2D eigenvalue weighted by molar-refractivity contribution is 7.17. The maximum absolute atomic E-state index is 12.4. The minimum Gasteiger partial charge on any atom is -0.324 e. The predicted octanol–water partition coefficient (Wildman–Crippen LogP) is 4.59. The van der Waals surface area contributed by atoms with Crippen LogP contribution in [0.25, 0.3) is 10.1 Å². The summed E-state index contributed by atoms with van der Waals surface area (Å²) in [5.74, 6) is 0.0226. The minimum absolute atomic E-state index is 0.0226.